The first-order valence-corrected chi connectivity index (χ1v) is 2.36. The molecule has 0 aromatic rings. The molecule has 2 heteroatoms. The maximum atomic E-state index is 8.22. The third-order valence-corrected chi connectivity index (χ3v) is 1.08. The molecule has 0 saturated carbocycles. The fourth-order valence-electron chi connectivity index (χ4n) is 0.487. The molecule has 0 bridgehead atoms. The molecular weight excluding hydrogens is 100 g/mol. The highest BCUT2D eigenvalue weighted by molar-refractivity contribution is 5.24. The van der Waals surface area contributed by atoms with Crippen LogP contribution in [0.3, 0.4) is 0 Å². The zero-order valence-corrected chi connectivity index (χ0v) is 4.20. The molecule has 0 saturated heterocycles. The van der Waals surface area contributed by atoms with Gasteiger partial charge in [-0.15, -0.1) is 0 Å². The summed E-state index contributed by atoms with van der Waals surface area (Å²) in [6.45, 7) is 0. The predicted octanol–water partition coefficient (Wildman–Crippen LogP) is 0.836. The molecule has 0 heterocycles. The van der Waals surface area contributed by atoms with Crippen LogP contribution in [0.4, 0.5) is 0 Å². The van der Waals surface area contributed by atoms with Crippen LogP contribution in [0.5, 0.6) is 0 Å². The molecule has 38 valence electrons. The zero-order valence-electron chi connectivity index (χ0n) is 4.20. The van der Waals surface area contributed by atoms with E-state index in [2.05, 4.69) is 0 Å². The monoisotopic (exact) mass is 104 g/mol. The van der Waals surface area contributed by atoms with Crippen LogP contribution in [0.25, 0.3) is 0 Å². The molecule has 1 aliphatic rings. The summed E-state index contributed by atoms with van der Waals surface area (Å²) in [4.78, 5) is 0. The smallest absolute Gasteiger partial charge is 0.143 e. The van der Waals surface area contributed by atoms with Gasteiger partial charge in [0, 0.05) is 5.92 Å². The molecule has 0 aliphatic heterocycles. The maximum Gasteiger partial charge on any atom is 0.143 e. The molecule has 0 radical (unpaired) electrons. The molecule has 0 amide bonds. The van der Waals surface area contributed by atoms with Crippen LogP contribution in [0.1, 0.15) is 0 Å². The van der Waals surface area contributed by atoms with E-state index in [-0.39, 0.29) is 5.92 Å². The topological polar surface area (TPSA) is 47.6 Å². The Kier molecular flexibility index (Phi) is 1.02. The van der Waals surface area contributed by atoms with Gasteiger partial charge in [-0.1, -0.05) is 12.2 Å². The fourth-order valence-corrected chi connectivity index (χ4v) is 0.487. The number of rotatable bonds is 1. The number of nitriles is 2. The van der Waals surface area contributed by atoms with Gasteiger partial charge in [0.25, 0.3) is 0 Å². The van der Waals surface area contributed by atoms with Crippen LogP contribution in [0.2, 0.25) is 0 Å². The molecule has 1 rings (SSSR count). The third-order valence-electron chi connectivity index (χ3n) is 1.08. The minimum absolute atomic E-state index is 0.157. The molecule has 0 aromatic heterocycles. The lowest BCUT2D eigenvalue weighted by atomic mass is 10.1. The van der Waals surface area contributed by atoms with Crippen molar-refractivity contribution in [3.05, 3.63) is 12.2 Å². The maximum absolute atomic E-state index is 8.22. The summed E-state index contributed by atoms with van der Waals surface area (Å²) in [6, 6.07) is 3.78. The van der Waals surface area contributed by atoms with Crippen molar-refractivity contribution < 1.29 is 0 Å². The highest BCUT2D eigenvalue weighted by Gasteiger charge is 2.22. The third kappa shape index (κ3) is 0.691. The minimum Gasteiger partial charge on any atom is -0.197 e. The van der Waals surface area contributed by atoms with Crippen LogP contribution < -0.4 is 0 Å². The Bertz CT molecular complexity index is 172. The Hall–Kier alpha value is -1.28. The van der Waals surface area contributed by atoms with Crippen LogP contribution in [-0.2, 0) is 0 Å². The Balaban J connectivity index is 2.45. The summed E-state index contributed by atoms with van der Waals surface area (Å²) < 4.78 is 0. The van der Waals surface area contributed by atoms with Crippen LogP contribution in [0.15, 0.2) is 12.2 Å². The molecule has 0 aromatic carbocycles. The lowest BCUT2D eigenvalue weighted by Gasteiger charge is -1.88. The Morgan fingerprint density at radius 3 is 1.88 bits per heavy atom. The first kappa shape index (κ1) is 4.87. The van der Waals surface area contributed by atoms with Crippen molar-refractivity contribution in [2.45, 2.75) is 0 Å². The Morgan fingerprint density at radius 1 is 1.25 bits per heavy atom. The van der Waals surface area contributed by atoms with Crippen LogP contribution in [-0.4, -0.2) is 0 Å². The molecule has 0 spiro atoms. The highest BCUT2D eigenvalue weighted by atomic mass is 14.4. The van der Waals surface area contributed by atoms with E-state index in [9.17, 15) is 0 Å². The number of hydrogen-bond donors (Lipinski definition) is 0. The Labute approximate surface area is 47.7 Å². The second-order valence-corrected chi connectivity index (χ2v) is 1.70. The Morgan fingerprint density at radius 2 is 1.75 bits per heavy atom. The van der Waals surface area contributed by atoms with E-state index < -0.39 is 5.92 Å². The number of hydrogen-bond acceptors (Lipinski definition) is 2. The van der Waals surface area contributed by atoms with Gasteiger partial charge in [0.2, 0.25) is 0 Å². The fraction of sp³-hybridized carbons (Fsp3) is 0.333. The van der Waals surface area contributed by atoms with Crippen molar-refractivity contribution in [3.63, 3.8) is 0 Å². The highest BCUT2D eigenvalue weighted by Crippen LogP contribution is 2.24. The van der Waals surface area contributed by atoms with Crippen molar-refractivity contribution in [2.24, 2.45) is 11.8 Å². The van der Waals surface area contributed by atoms with Gasteiger partial charge in [-0.05, 0) is 0 Å². The standard InChI is InChI=1S/C6H4N2/c7-3-6(4-8)5-1-2-5/h1-2,5-6H. The molecular formula is C6H4N2. The average Bonchev–Trinajstić information content (AvgIpc) is 2.53. The first-order valence-electron chi connectivity index (χ1n) is 2.36. The summed E-state index contributed by atoms with van der Waals surface area (Å²) in [7, 11) is 0. The number of nitrogens with zero attached hydrogens (tertiary/aromatic N) is 2. The second-order valence-electron chi connectivity index (χ2n) is 1.70. The second kappa shape index (κ2) is 1.68. The van der Waals surface area contributed by atoms with E-state index in [1.54, 1.807) is 0 Å². The first-order chi connectivity index (χ1) is 3.88. The van der Waals surface area contributed by atoms with Gasteiger partial charge >= 0.3 is 0 Å². The summed E-state index contributed by atoms with van der Waals surface area (Å²) in [5.41, 5.74) is 0. The van der Waals surface area contributed by atoms with Gasteiger partial charge in [0.1, 0.15) is 5.92 Å². The van der Waals surface area contributed by atoms with E-state index in [1.807, 2.05) is 24.3 Å². The van der Waals surface area contributed by atoms with E-state index >= 15 is 0 Å². The van der Waals surface area contributed by atoms with E-state index in [0.717, 1.165) is 0 Å². The molecule has 2 nitrogen and oxygen atoms in total. The van der Waals surface area contributed by atoms with Gasteiger partial charge in [-0.25, -0.2) is 0 Å². The van der Waals surface area contributed by atoms with E-state index in [4.69, 9.17) is 10.5 Å². The van der Waals surface area contributed by atoms with Crippen molar-refractivity contribution in [1.82, 2.24) is 0 Å². The van der Waals surface area contributed by atoms with Gasteiger partial charge in [-0.2, -0.15) is 10.5 Å². The van der Waals surface area contributed by atoms with Gasteiger partial charge < -0.3 is 0 Å². The normalized spacial score (nSPS) is 15.4. The van der Waals surface area contributed by atoms with Crippen LogP contribution in [0, 0.1) is 34.5 Å². The largest absolute Gasteiger partial charge is 0.197 e. The predicted molar refractivity (Wildman–Crippen MR) is 27.3 cm³/mol. The van der Waals surface area contributed by atoms with Crippen molar-refractivity contribution in [2.75, 3.05) is 0 Å². The van der Waals surface area contributed by atoms with Crippen molar-refractivity contribution in [3.8, 4) is 12.1 Å². The molecule has 0 N–H and O–H groups in total. The molecule has 0 atom stereocenters. The molecule has 0 unspecified atom stereocenters. The number of allylic oxidation sites excluding steroid dienone is 2. The lowest BCUT2D eigenvalue weighted by molar-refractivity contribution is 0.778. The molecule has 8 heavy (non-hydrogen) atoms. The SMILES string of the molecule is N#CC(C#N)C1C=C1. The quantitative estimate of drug-likeness (QED) is 0.462. The summed E-state index contributed by atoms with van der Waals surface area (Å²) in [6.07, 6.45) is 3.72. The average molecular weight is 104 g/mol. The van der Waals surface area contributed by atoms with Crippen molar-refractivity contribution in [1.29, 1.82) is 10.5 Å². The van der Waals surface area contributed by atoms with Gasteiger partial charge in [-0.3, -0.25) is 0 Å². The summed E-state index contributed by atoms with van der Waals surface area (Å²) in [5, 5.41) is 16.4. The van der Waals surface area contributed by atoms with E-state index in [0.29, 0.717) is 0 Å². The molecule has 1 aliphatic carbocycles. The zero-order chi connectivity index (χ0) is 5.98. The summed E-state index contributed by atoms with van der Waals surface area (Å²) in [5.74, 6) is -0.278. The summed E-state index contributed by atoms with van der Waals surface area (Å²) >= 11 is 0. The minimum atomic E-state index is -0.435. The lowest BCUT2D eigenvalue weighted by Crippen LogP contribution is -1.94. The van der Waals surface area contributed by atoms with Crippen molar-refractivity contribution >= 4 is 0 Å². The van der Waals surface area contributed by atoms with E-state index in [1.165, 1.54) is 0 Å². The molecule has 0 fully saturated rings. The van der Waals surface area contributed by atoms with Gasteiger partial charge in [0.15, 0.2) is 0 Å². The van der Waals surface area contributed by atoms with Crippen LogP contribution >= 0.6 is 0 Å². The van der Waals surface area contributed by atoms with Gasteiger partial charge in [0.05, 0.1) is 12.1 Å².